The quantitative estimate of drug-likeness (QED) is 0.853. The summed E-state index contributed by atoms with van der Waals surface area (Å²) in [5, 5.41) is 0. The summed E-state index contributed by atoms with van der Waals surface area (Å²) in [6.45, 7) is 1.91. The minimum atomic E-state index is 0.568. The molecule has 0 aliphatic heterocycles. The molecule has 0 spiro atoms. The Morgan fingerprint density at radius 3 is 2.76 bits per heavy atom. The Morgan fingerprint density at radius 2 is 2.18 bits per heavy atom. The van der Waals surface area contributed by atoms with Crippen LogP contribution in [0.3, 0.4) is 0 Å². The van der Waals surface area contributed by atoms with Gasteiger partial charge in [0.2, 0.25) is 0 Å². The molecule has 2 aromatic heterocycles. The molecule has 1 fully saturated rings. The average Bonchev–Trinajstić information content (AvgIpc) is 3.05. The van der Waals surface area contributed by atoms with E-state index in [2.05, 4.69) is 32.6 Å². The molecule has 0 atom stereocenters. The zero-order valence-corrected chi connectivity index (χ0v) is 11.6. The van der Waals surface area contributed by atoms with E-state index in [1.54, 1.807) is 6.26 Å². The van der Waals surface area contributed by atoms with Crippen LogP contribution in [0.5, 0.6) is 0 Å². The first-order valence-corrected chi connectivity index (χ1v) is 6.62. The molecule has 2 aromatic rings. The number of hydrogen-bond donors (Lipinski definition) is 1. The minimum Gasteiger partial charge on any atom is -0.469 e. The second-order valence-electron chi connectivity index (χ2n) is 4.30. The molecule has 0 amide bonds. The fraction of sp³-hybridized carbons (Fsp3) is 0.333. The maximum absolute atomic E-state index is 5.95. The van der Waals surface area contributed by atoms with Gasteiger partial charge in [-0.15, -0.1) is 0 Å². The Morgan fingerprint density at radius 1 is 1.41 bits per heavy atom. The molecule has 2 N–H and O–H groups in total. The summed E-state index contributed by atoms with van der Waals surface area (Å²) in [6.07, 6.45) is 4.06. The Kier molecular flexibility index (Phi) is 2.57. The molecular formula is C12H12IN3O. The van der Waals surface area contributed by atoms with E-state index in [-0.39, 0.29) is 0 Å². The average molecular weight is 341 g/mol. The molecule has 0 radical (unpaired) electrons. The van der Waals surface area contributed by atoms with E-state index < -0.39 is 0 Å². The lowest BCUT2D eigenvalue weighted by Gasteiger charge is -2.07. The van der Waals surface area contributed by atoms with Gasteiger partial charge in [0.05, 0.1) is 21.1 Å². The van der Waals surface area contributed by atoms with E-state index in [9.17, 15) is 0 Å². The summed E-state index contributed by atoms with van der Waals surface area (Å²) in [5.41, 5.74) is 7.97. The number of aromatic nitrogens is 2. The molecule has 88 valence electrons. The summed E-state index contributed by atoms with van der Waals surface area (Å²) in [7, 11) is 0. The second kappa shape index (κ2) is 3.97. The maximum Gasteiger partial charge on any atom is 0.165 e. The normalized spacial score (nSPS) is 15.2. The Bertz CT molecular complexity index is 575. The van der Waals surface area contributed by atoms with Crippen molar-refractivity contribution >= 4 is 28.4 Å². The third-order valence-corrected chi connectivity index (χ3v) is 4.07. The zero-order chi connectivity index (χ0) is 12.0. The largest absolute Gasteiger partial charge is 0.469 e. The number of nitrogen functional groups attached to an aromatic ring is 1. The first-order chi connectivity index (χ1) is 8.16. The van der Waals surface area contributed by atoms with Gasteiger partial charge in [-0.05, 0) is 48.4 Å². The summed E-state index contributed by atoms with van der Waals surface area (Å²) < 4.78 is 6.28. The molecule has 0 aromatic carbocycles. The van der Waals surface area contributed by atoms with E-state index in [0.717, 1.165) is 20.6 Å². The van der Waals surface area contributed by atoms with Gasteiger partial charge < -0.3 is 10.2 Å². The molecular weight excluding hydrogens is 329 g/mol. The lowest BCUT2D eigenvalue weighted by Crippen LogP contribution is -2.04. The molecule has 3 rings (SSSR count). The van der Waals surface area contributed by atoms with Crippen LogP contribution in [0.4, 0.5) is 5.82 Å². The van der Waals surface area contributed by atoms with E-state index in [1.807, 2.05) is 13.0 Å². The van der Waals surface area contributed by atoms with E-state index in [4.69, 9.17) is 10.2 Å². The number of hydrogen-bond acceptors (Lipinski definition) is 4. The summed E-state index contributed by atoms with van der Waals surface area (Å²) in [6, 6.07) is 1.88. The van der Waals surface area contributed by atoms with Gasteiger partial charge in [0.15, 0.2) is 5.82 Å². The van der Waals surface area contributed by atoms with Crippen LogP contribution in [0.15, 0.2) is 16.7 Å². The van der Waals surface area contributed by atoms with Crippen molar-refractivity contribution < 1.29 is 4.42 Å². The van der Waals surface area contributed by atoms with Gasteiger partial charge in [0, 0.05) is 5.92 Å². The SMILES string of the molecule is Cc1occc1-c1nc(N)c(I)c(C2CC2)n1. The van der Waals surface area contributed by atoms with E-state index in [0.29, 0.717) is 17.6 Å². The summed E-state index contributed by atoms with van der Waals surface area (Å²) in [5.74, 6) is 2.64. The smallest absolute Gasteiger partial charge is 0.165 e. The highest BCUT2D eigenvalue weighted by Gasteiger charge is 2.29. The number of nitrogens with zero attached hydrogens (tertiary/aromatic N) is 2. The lowest BCUT2D eigenvalue weighted by atomic mass is 10.2. The second-order valence-corrected chi connectivity index (χ2v) is 5.38. The van der Waals surface area contributed by atoms with Crippen molar-refractivity contribution in [2.75, 3.05) is 5.73 Å². The molecule has 1 aliphatic carbocycles. The van der Waals surface area contributed by atoms with Crippen molar-refractivity contribution in [3.05, 3.63) is 27.4 Å². The van der Waals surface area contributed by atoms with Crippen LogP contribution >= 0.6 is 22.6 Å². The van der Waals surface area contributed by atoms with E-state index in [1.165, 1.54) is 12.8 Å². The lowest BCUT2D eigenvalue weighted by molar-refractivity contribution is 0.535. The number of furan rings is 1. The predicted octanol–water partition coefficient (Wildman–Crippen LogP) is 3.11. The van der Waals surface area contributed by atoms with Gasteiger partial charge in [-0.25, -0.2) is 9.97 Å². The van der Waals surface area contributed by atoms with Gasteiger partial charge in [-0.2, -0.15) is 0 Å². The van der Waals surface area contributed by atoms with Crippen LogP contribution in [0, 0.1) is 10.5 Å². The van der Waals surface area contributed by atoms with Crippen LogP contribution in [0.1, 0.15) is 30.2 Å². The van der Waals surface area contributed by atoms with Crippen molar-refractivity contribution in [1.82, 2.24) is 9.97 Å². The molecule has 4 nitrogen and oxygen atoms in total. The van der Waals surface area contributed by atoms with Gasteiger partial charge in [-0.1, -0.05) is 0 Å². The molecule has 0 saturated heterocycles. The topological polar surface area (TPSA) is 64.9 Å². The van der Waals surface area contributed by atoms with Gasteiger partial charge >= 0.3 is 0 Å². The van der Waals surface area contributed by atoms with Gasteiger partial charge in [0.1, 0.15) is 11.6 Å². The van der Waals surface area contributed by atoms with Crippen molar-refractivity contribution in [3.63, 3.8) is 0 Å². The fourth-order valence-corrected chi connectivity index (χ4v) is 2.53. The highest BCUT2D eigenvalue weighted by atomic mass is 127. The number of rotatable bonds is 2. The maximum atomic E-state index is 5.95. The molecule has 1 aliphatic rings. The highest BCUT2D eigenvalue weighted by Crippen LogP contribution is 2.42. The van der Waals surface area contributed by atoms with Crippen LogP contribution in [-0.4, -0.2) is 9.97 Å². The third kappa shape index (κ3) is 1.92. The molecule has 0 bridgehead atoms. The monoisotopic (exact) mass is 341 g/mol. The van der Waals surface area contributed by atoms with Crippen LogP contribution in [0.2, 0.25) is 0 Å². The van der Waals surface area contributed by atoms with Crippen molar-refractivity contribution in [3.8, 4) is 11.4 Å². The van der Waals surface area contributed by atoms with E-state index >= 15 is 0 Å². The van der Waals surface area contributed by atoms with Crippen molar-refractivity contribution in [2.45, 2.75) is 25.7 Å². The minimum absolute atomic E-state index is 0.568. The van der Waals surface area contributed by atoms with Crippen molar-refractivity contribution in [1.29, 1.82) is 0 Å². The summed E-state index contributed by atoms with van der Waals surface area (Å²) >= 11 is 2.23. The number of anilines is 1. The zero-order valence-electron chi connectivity index (χ0n) is 9.40. The number of aryl methyl sites for hydroxylation is 1. The predicted molar refractivity (Wildman–Crippen MR) is 73.6 cm³/mol. The van der Waals surface area contributed by atoms with Crippen molar-refractivity contribution in [2.24, 2.45) is 0 Å². The first kappa shape index (κ1) is 11.0. The third-order valence-electron chi connectivity index (χ3n) is 2.97. The Labute approximate surface area is 113 Å². The highest BCUT2D eigenvalue weighted by molar-refractivity contribution is 14.1. The molecule has 17 heavy (non-hydrogen) atoms. The summed E-state index contributed by atoms with van der Waals surface area (Å²) in [4.78, 5) is 8.99. The first-order valence-electron chi connectivity index (χ1n) is 5.54. The van der Waals surface area contributed by atoms with Crippen LogP contribution < -0.4 is 5.73 Å². The molecule has 0 unspecified atom stereocenters. The number of nitrogens with two attached hydrogens (primary N) is 1. The molecule has 2 heterocycles. The molecule has 5 heteroatoms. The standard InChI is InChI=1S/C12H12IN3O/c1-6-8(4-5-17-6)12-15-10(7-2-3-7)9(13)11(14)16-12/h4-5,7H,2-3H2,1H3,(H2,14,15,16). The number of halogens is 1. The Hall–Kier alpha value is -1.11. The van der Waals surface area contributed by atoms with Crippen LogP contribution in [0.25, 0.3) is 11.4 Å². The Balaban J connectivity index is 2.15. The molecule has 1 saturated carbocycles. The fourth-order valence-electron chi connectivity index (χ4n) is 1.85. The van der Waals surface area contributed by atoms with Crippen LogP contribution in [-0.2, 0) is 0 Å². The van der Waals surface area contributed by atoms with Gasteiger partial charge in [0.25, 0.3) is 0 Å². The van der Waals surface area contributed by atoms with Gasteiger partial charge in [-0.3, -0.25) is 0 Å².